The SMILES string of the molecule is CCCCCC1=CC(=O)C2=C(C1=O)[N+]2=[N-]. The molecule has 1 aliphatic carbocycles. The maximum atomic E-state index is 11.6. The summed E-state index contributed by atoms with van der Waals surface area (Å²) in [7, 11) is 0. The highest BCUT2D eigenvalue weighted by molar-refractivity contribution is 6.23. The van der Waals surface area contributed by atoms with Crippen molar-refractivity contribution in [1.82, 2.24) is 0 Å². The molecule has 4 nitrogen and oxygen atoms in total. The molecule has 15 heavy (non-hydrogen) atoms. The van der Waals surface area contributed by atoms with Crippen molar-refractivity contribution in [2.45, 2.75) is 32.6 Å². The molecule has 1 heterocycles. The molecule has 0 bridgehead atoms. The van der Waals surface area contributed by atoms with E-state index in [1.54, 1.807) is 0 Å². The highest BCUT2D eigenvalue weighted by atomic mass is 16.1. The zero-order valence-corrected chi connectivity index (χ0v) is 8.62. The maximum absolute atomic E-state index is 11.6. The van der Waals surface area contributed by atoms with Gasteiger partial charge in [-0.3, -0.25) is 9.59 Å². The fraction of sp³-hybridized carbons (Fsp3) is 0.455. The van der Waals surface area contributed by atoms with Gasteiger partial charge in [-0.1, -0.05) is 19.8 Å². The summed E-state index contributed by atoms with van der Waals surface area (Å²) >= 11 is 0. The van der Waals surface area contributed by atoms with Gasteiger partial charge in [0, 0.05) is 11.6 Å². The topological polar surface area (TPSA) is 59.5 Å². The van der Waals surface area contributed by atoms with E-state index in [0.29, 0.717) is 16.7 Å². The lowest BCUT2D eigenvalue weighted by molar-refractivity contribution is -0.341. The van der Waals surface area contributed by atoms with Crippen LogP contribution in [0.5, 0.6) is 0 Å². The summed E-state index contributed by atoms with van der Waals surface area (Å²) in [6, 6.07) is 0. The van der Waals surface area contributed by atoms with Crippen LogP contribution in [0, 0.1) is 0 Å². The second-order valence-electron chi connectivity index (χ2n) is 3.83. The Morgan fingerprint density at radius 3 is 2.67 bits per heavy atom. The van der Waals surface area contributed by atoms with Crippen LogP contribution in [0.3, 0.4) is 0 Å². The first-order valence-corrected chi connectivity index (χ1v) is 5.19. The molecule has 0 radical (unpaired) electrons. The molecule has 0 aromatic carbocycles. The molecular weight excluding hydrogens is 192 g/mol. The first-order chi connectivity index (χ1) is 7.16. The number of allylic oxidation sites excluding steroid dienone is 2. The molecule has 0 saturated heterocycles. The monoisotopic (exact) mass is 204 g/mol. The minimum absolute atomic E-state index is 0.152. The summed E-state index contributed by atoms with van der Waals surface area (Å²) in [6.07, 6.45) is 5.02. The van der Waals surface area contributed by atoms with E-state index >= 15 is 0 Å². The molecule has 0 unspecified atom stereocenters. The molecule has 1 aliphatic heterocycles. The van der Waals surface area contributed by atoms with Crippen LogP contribution in [0.1, 0.15) is 32.6 Å². The molecule has 0 spiro atoms. The maximum Gasteiger partial charge on any atom is 0.324 e. The van der Waals surface area contributed by atoms with Crippen LogP contribution in [0.15, 0.2) is 23.0 Å². The Balaban J connectivity index is 2.05. The van der Waals surface area contributed by atoms with Gasteiger partial charge in [-0.15, -0.1) is 0 Å². The summed E-state index contributed by atoms with van der Waals surface area (Å²) < 4.78 is 0.688. The van der Waals surface area contributed by atoms with Crippen LogP contribution in [0.4, 0.5) is 0 Å². The minimum Gasteiger partial charge on any atom is -0.493 e. The Morgan fingerprint density at radius 2 is 2.00 bits per heavy atom. The van der Waals surface area contributed by atoms with E-state index < -0.39 is 0 Å². The van der Waals surface area contributed by atoms with Gasteiger partial charge in [-0.25, -0.2) is 4.70 Å². The van der Waals surface area contributed by atoms with Gasteiger partial charge >= 0.3 is 11.4 Å². The second kappa shape index (κ2) is 3.53. The second-order valence-corrected chi connectivity index (χ2v) is 3.83. The van der Waals surface area contributed by atoms with Gasteiger partial charge in [0.15, 0.2) is 0 Å². The van der Waals surface area contributed by atoms with E-state index in [9.17, 15) is 9.59 Å². The number of carbonyl (C=O) groups is 2. The molecular formula is C11H12N2O2. The van der Waals surface area contributed by atoms with Crippen molar-refractivity contribution in [1.29, 1.82) is 0 Å². The smallest absolute Gasteiger partial charge is 0.324 e. The summed E-state index contributed by atoms with van der Waals surface area (Å²) in [5.41, 5.74) is 10.00. The van der Waals surface area contributed by atoms with Crippen molar-refractivity contribution in [3.63, 3.8) is 0 Å². The molecule has 4 heteroatoms. The first kappa shape index (κ1) is 9.96. The summed E-state index contributed by atoms with van der Waals surface area (Å²) in [4.78, 5) is 23.0. The number of carbonyl (C=O) groups excluding carboxylic acids is 2. The number of hydrogen-bond acceptors (Lipinski definition) is 2. The fourth-order valence-electron chi connectivity index (χ4n) is 1.78. The van der Waals surface area contributed by atoms with Gasteiger partial charge < -0.3 is 5.53 Å². The molecule has 0 saturated carbocycles. The van der Waals surface area contributed by atoms with E-state index in [1.807, 2.05) is 0 Å². The molecule has 0 atom stereocenters. The molecule has 0 aromatic heterocycles. The van der Waals surface area contributed by atoms with Crippen LogP contribution >= 0.6 is 0 Å². The van der Waals surface area contributed by atoms with Gasteiger partial charge in [0.2, 0.25) is 0 Å². The first-order valence-electron chi connectivity index (χ1n) is 5.19. The van der Waals surface area contributed by atoms with E-state index in [2.05, 4.69) is 6.92 Å². The van der Waals surface area contributed by atoms with Gasteiger partial charge in [-0.05, 0) is 12.8 Å². The molecule has 78 valence electrons. The fourth-order valence-corrected chi connectivity index (χ4v) is 1.78. The lowest BCUT2D eigenvalue weighted by Gasteiger charge is -2.01. The number of Topliss-reactive ketones (excluding diaryl/α,β-unsaturated/α-hetero) is 1. The zero-order valence-electron chi connectivity index (χ0n) is 8.62. The van der Waals surface area contributed by atoms with Crippen molar-refractivity contribution in [3.8, 4) is 0 Å². The van der Waals surface area contributed by atoms with Crippen LogP contribution in [0.25, 0.3) is 5.53 Å². The van der Waals surface area contributed by atoms with E-state index in [1.165, 1.54) is 6.08 Å². The predicted octanol–water partition coefficient (Wildman–Crippen LogP) is 1.90. The average Bonchev–Trinajstić information content (AvgIpc) is 2.87. The Morgan fingerprint density at radius 1 is 1.27 bits per heavy atom. The number of unbranched alkanes of at least 4 members (excludes halogenated alkanes) is 2. The number of rotatable bonds is 4. The minimum atomic E-state index is -0.251. The van der Waals surface area contributed by atoms with Crippen LogP contribution in [-0.4, -0.2) is 16.3 Å². The van der Waals surface area contributed by atoms with Crippen molar-refractivity contribution in [2.75, 3.05) is 0 Å². The molecule has 2 aliphatic rings. The molecule has 2 rings (SSSR count). The third-order valence-electron chi connectivity index (χ3n) is 2.69. The largest absolute Gasteiger partial charge is 0.493 e. The quantitative estimate of drug-likeness (QED) is 0.399. The normalized spacial score (nSPS) is 19.3. The van der Waals surface area contributed by atoms with Crippen molar-refractivity contribution < 1.29 is 14.3 Å². The Hall–Kier alpha value is -1.58. The van der Waals surface area contributed by atoms with E-state index in [-0.39, 0.29) is 23.0 Å². The lowest BCUT2D eigenvalue weighted by atomic mass is 9.98. The number of hydrogen-bond donors (Lipinski definition) is 0. The van der Waals surface area contributed by atoms with Gasteiger partial charge in [0.05, 0.1) is 0 Å². The highest BCUT2D eigenvalue weighted by Crippen LogP contribution is 2.35. The highest BCUT2D eigenvalue weighted by Gasteiger charge is 2.52. The third-order valence-corrected chi connectivity index (χ3v) is 2.69. The summed E-state index contributed by atoms with van der Waals surface area (Å²) in [5.74, 6) is -0.443. The Bertz CT molecular complexity index is 430. The molecule has 0 aromatic rings. The third kappa shape index (κ3) is 1.56. The average molecular weight is 204 g/mol. The van der Waals surface area contributed by atoms with E-state index in [4.69, 9.17) is 5.53 Å². The standard InChI is InChI=1S/C11H12N2O2/c1-2-3-4-5-7-6-8(14)9-10(11(7)15)13(9)12/h6H,2-5H2,1H3. The van der Waals surface area contributed by atoms with Crippen molar-refractivity contribution in [2.24, 2.45) is 0 Å². The Labute approximate surface area is 87.8 Å². The van der Waals surface area contributed by atoms with Crippen LogP contribution in [0.2, 0.25) is 0 Å². The van der Waals surface area contributed by atoms with Crippen LogP contribution in [-0.2, 0) is 9.59 Å². The molecule has 0 fully saturated rings. The molecule has 0 amide bonds. The molecule has 0 N–H and O–H groups in total. The summed E-state index contributed by atoms with van der Waals surface area (Å²) in [6.45, 7) is 2.08. The predicted molar refractivity (Wildman–Crippen MR) is 52.9 cm³/mol. The van der Waals surface area contributed by atoms with Gasteiger partial charge in [0.1, 0.15) is 0 Å². The Kier molecular flexibility index (Phi) is 2.34. The zero-order chi connectivity index (χ0) is 11.0. The van der Waals surface area contributed by atoms with Crippen LogP contribution < -0.4 is 0 Å². The van der Waals surface area contributed by atoms with Gasteiger partial charge in [-0.2, -0.15) is 0 Å². The van der Waals surface area contributed by atoms with Crippen molar-refractivity contribution in [3.05, 3.63) is 28.6 Å². The van der Waals surface area contributed by atoms with Gasteiger partial charge in [0.25, 0.3) is 11.6 Å². The lowest BCUT2D eigenvalue weighted by Crippen LogP contribution is -2.07. The number of nitrogens with zero attached hydrogens (tertiary/aromatic N) is 2. The van der Waals surface area contributed by atoms with Crippen molar-refractivity contribution >= 4 is 11.6 Å². The summed E-state index contributed by atoms with van der Waals surface area (Å²) in [5, 5.41) is 0. The number of ketones is 2. The van der Waals surface area contributed by atoms with E-state index in [0.717, 1.165) is 19.3 Å².